The van der Waals surface area contributed by atoms with Gasteiger partial charge in [-0.1, -0.05) is 0 Å². The molecule has 1 aliphatic carbocycles. The number of esters is 2. The number of hydrogen-bond donors (Lipinski definition) is 0. The van der Waals surface area contributed by atoms with Crippen LogP contribution in [0.25, 0.3) is 0 Å². The SMILES string of the molecule is CC(C)[Si](C(C)C)(C(C)C)[C@H]1CC(C(=O)OC(C)(C)C)(C(=O)OC(C)(C)C)[C@@H]1[Se]c1ccccc1. The molecule has 1 aromatic rings. The second-order valence-electron chi connectivity index (χ2n) is 13.1. The van der Waals surface area contributed by atoms with Crippen LogP contribution in [0.3, 0.4) is 0 Å². The Labute approximate surface area is 221 Å². The van der Waals surface area contributed by atoms with Crippen LogP contribution < -0.4 is 4.46 Å². The predicted molar refractivity (Wildman–Crippen MR) is 149 cm³/mol. The molecule has 0 aromatic heterocycles. The molecule has 2 atom stereocenters. The normalized spacial score (nSPS) is 20.7. The van der Waals surface area contributed by atoms with Crippen molar-refractivity contribution in [3.63, 3.8) is 0 Å². The van der Waals surface area contributed by atoms with Gasteiger partial charge in [0.2, 0.25) is 0 Å². The van der Waals surface area contributed by atoms with E-state index < -0.39 is 36.6 Å². The van der Waals surface area contributed by atoms with Crippen molar-refractivity contribution in [2.24, 2.45) is 5.41 Å². The van der Waals surface area contributed by atoms with E-state index in [1.54, 1.807) is 0 Å². The van der Waals surface area contributed by atoms with E-state index in [4.69, 9.17) is 9.47 Å². The Balaban J connectivity index is 2.73. The summed E-state index contributed by atoms with van der Waals surface area (Å²) >= 11 is -0.0745. The Hall–Kier alpha value is -1.10. The Morgan fingerprint density at radius 1 is 0.829 bits per heavy atom. The molecule has 198 valence electrons. The predicted octanol–water partition coefficient (Wildman–Crippen LogP) is 6.93. The number of ether oxygens (including phenoxy) is 2. The summed E-state index contributed by atoms with van der Waals surface area (Å²) in [7, 11) is -1.96. The molecular weight excluding hydrogens is 519 g/mol. The molecule has 0 saturated heterocycles. The second kappa shape index (κ2) is 10.7. The van der Waals surface area contributed by atoms with E-state index >= 15 is 0 Å². The van der Waals surface area contributed by atoms with Gasteiger partial charge in [-0.2, -0.15) is 0 Å². The van der Waals surface area contributed by atoms with E-state index in [2.05, 4.69) is 53.7 Å². The van der Waals surface area contributed by atoms with Gasteiger partial charge < -0.3 is 0 Å². The number of rotatable bonds is 8. The van der Waals surface area contributed by atoms with E-state index in [0.29, 0.717) is 28.6 Å². The number of benzene rings is 1. The number of hydrogen-bond acceptors (Lipinski definition) is 4. The minimum atomic E-state index is -1.96. The van der Waals surface area contributed by atoms with Gasteiger partial charge in [-0.15, -0.1) is 0 Å². The summed E-state index contributed by atoms with van der Waals surface area (Å²) in [5.74, 6) is -0.810. The molecule has 6 heteroatoms. The summed E-state index contributed by atoms with van der Waals surface area (Å²) in [4.78, 5) is 27.9. The molecule has 0 heterocycles. The third-order valence-corrected chi connectivity index (χ3v) is 19.1. The van der Waals surface area contributed by atoms with Gasteiger partial charge in [-0.05, 0) is 0 Å². The van der Waals surface area contributed by atoms with E-state index in [-0.39, 0.29) is 19.8 Å². The molecule has 0 aliphatic heterocycles. The molecule has 1 aromatic carbocycles. The molecular formula is C29H48O4SeSi. The van der Waals surface area contributed by atoms with Crippen LogP contribution in [0.2, 0.25) is 27.0 Å². The number of carbonyl (C=O) groups is 2. The average Bonchev–Trinajstić information content (AvgIpc) is 2.65. The van der Waals surface area contributed by atoms with E-state index in [9.17, 15) is 9.59 Å². The van der Waals surface area contributed by atoms with Crippen LogP contribution in [-0.4, -0.2) is 46.2 Å². The summed E-state index contributed by atoms with van der Waals surface area (Å²) in [5.41, 5.74) is -0.639. The van der Waals surface area contributed by atoms with Crippen LogP contribution in [0, 0.1) is 5.41 Å². The van der Waals surface area contributed by atoms with Gasteiger partial charge in [0.05, 0.1) is 0 Å². The molecule has 4 nitrogen and oxygen atoms in total. The molecule has 1 saturated carbocycles. The first-order chi connectivity index (χ1) is 15.9. The van der Waals surface area contributed by atoms with Crippen LogP contribution in [0.5, 0.6) is 0 Å². The van der Waals surface area contributed by atoms with E-state index in [1.165, 1.54) is 4.46 Å². The van der Waals surface area contributed by atoms with Crippen molar-refractivity contribution in [2.45, 2.75) is 128 Å². The van der Waals surface area contributed by atoms with Crippen molar-refractivity contribution in [1.82, 2.24) is 0 Å². The molecule has 0 amide bonds. The monoisotopic (exact) mass is 568 g/mol. The molecule has 0 N–H and O–H groups in total. The standard InChI is InChI=1S/C29H48O4SeSi/c1-19(2)35(20(3)4,21(5)6)23-18-29(25(30)32-27(7,8)9,26(31)33-28(10,11)12)24(23)34-22-16-14-13-15-17-22/h13-17,19-21,23-24H,18H2,1-12H3/t23-,24+/m0/s1. The topological polar surface area (TPSA) is 52.6 Å². The molecule has 0 bridgehead atoms. The van der Waals surface area contributed by atoms with Crippen molar-refractivity contribution >= 4 is 39.4 Å². The van der Waals surface area contributed by atoms with Crippen molar-refractivity contribution in [2.75, 3.05) is 0 Å². The van der Waals surface area contributed by atoms with Crippen molar-refractivity contribution in [1.29, 1.82) is 0 Å². The molecule has 1 fully saturated rings. The van der Waals surface area contributed by atoms with Gasteiger partial charge in [-0.25, -0.2) is 0 Å². The molecule has 0 radical (unpaired) electrons. The van der Waals surface area contributed by atoms with Gasteiger partial charge in [0.1, 0.15) is 0 Å². The fraction of sp³-hybridized carbons (Fsp3) is 0.724. The minimum absolute atomic E-state index is 0.0745. The molecule has 1 aliphatic rings. The number of carbonyl (C=O) groups excluding carboxylic acids is 2. The fourth-order valence-corrected chi connectivity index (χ4v) is 19.3. The van der Waals surface area contributed by atoms with E-state index in [1.807, 2.05) is 59.7 Å². The first-order valence-corrected chi connectivity index (χ1v) is 17.2. The first-order valence-electron chi connectivity index (χ1n) is 13.1. The summed E-state index contributed by atoms with van der Waals surface area (Å²) < 4.78 is 13.2. The van der Waals surface area contributed by atoms with Gasteiger partial charge in [0, 0.05) is 0 Å². The van der Waals surface area contributed by atoms with Gasteiger partial charge in [-0.3, -0.25) is 0 Å². The zero-order valence-corrected chi connectivity index (χ0v) is 26.7. The third-order valence-electron chi connectivity index (χ3n) is 7.57. The summed E-state index contributed by atoms with van der Waals surface area (Å²) in [6, 6.07) is 10.4. The zero-order chi connectivity index (χ0) is 27.0. The molecule has 0 spiro atoms. The summed E-state index contributed by atoms with van der Waals surface area (Å²) in [5, 5.41) is 0. The van der Waals surface area contributed by atoms with Gasteiger partial charge in [0.15, 0.2) is 0 Å². The van der Waals surface area contributed by atoms with Crippen molar-refractivity contribution in [3.8, 4) is 0 Å². The Kier molecular flexibility index (Phi) is 9.22. The summed E-state index contributed by atoms with van der Waals surface area (Å²) in [6.07, 6.45) is 0.539. The second-order valence-corrected chi connectivity index (χ2v) is 21.9. The molecule has 2 rings (SSSR count). The Morgan fingerprint density at radius 2 is 1.23 bits per heavy atom. The fourth-order valence-electron chi connectivity index (χ4n) is 6.53. The Bertz CT molecular complexity index is 830. The first kappa shape index (κ1) is 30.1. The van der Waals surface area contributed by atoms with Crippen LogP contribution in [0.15, 0.2) is 30.3 Å². The maximum absolute atomic E-state index is 14.0. The van der Waals surface area contributed by atoms with Crippen molar-refractivity contribution < 1.29 is 19.1 Å². The maximum atomic E-state index is 14.0. The summed E-state index contributed by atoms with van der Waals surface area (Å²) in [6.45, 7) is 25.4. The van der Waals surface area contributed by atoms with Crippen LogP contribution in [0.4, 0.5) is 0 Å². The Morgan fingerprint density at radius 3 is 1.57 bits per heavy atom. The van der Waals surface area contributed by atoms with Crippen LogP contribution >= 0.6 is 0 Å². The van der Waals surface area contributed by atoms with Gasteiger partial charge in [0.25, 0.3) is 0 Å². The molecule has 35 heavy (non-hydrogen) atoms. The third kappa shape index (κ3) is 6.08. The van der Waals surface area contributed by atoms with E-state index in [0.717, 1.165) is 0 Å². The quantitative estimate of drug-likeness (QED) is 0.194. The average molecular weight is 568 g/mol. The molecule has 0 unspecified atom stereocenters. The van der Waals surface area contributed by atoms with Crippen LogP contribution in [-0.2, 0) is 19.1 Å². The van der Waals surface area contributed by atoms with Gasteiger partial charge >= 0.3 is 222 Å². The van der Waals surface area contributed by atoms with Crippen LogP contribution in [0.1, 0.15) is 89.5 Å². The zero-order valence-electron chi connectivity index (χ0n) is 24.0. The van der Waals surface area contributed by atoms with Crippen molar-refractivity contribution in [3.05, 3.63) is 30.3 Å².